The maximum absolute atomic E-state index is 6.12. The molecule has 1 aliphatic carbocycles. The van der Waals surface area contributed by atoms with Crippen LogP contribution in [0, 0.1) is 6.92 Å². The van der Waals surface area contributed by atoms with Gasteiger partial charge in [-0.15, -0.1) is 0 Å². The molecule has 2 aliphatic rings. The Kier molecular flexibility index (Phi) is 6.60. The number of hydrogen-bond donors (Lipinski definition) is 2. The molecular weight excluding hydrogens is 310 g/mol. The molecule has 3 N–H and O–H groups in total. The van der Waals surface area contributed by atoms with Crippen LogP contribution in [0.1, 0.15) is 57.4 Å². The van der Waals surface area contributed by atoms with Crippen LogP contribution in [-0.4, -0.2) is 42.8 Å². The van der Waals surface area contributed by atoms with Gasteiger partial charge >= 0.3 is 0 Å². The van der Waals surface area contributed by atoms with Crippen molar-refractivity contribution in [1.82, 2.24) is 4.90 Å². The van der Waals surface area contributed by atoms with E-state index in [0.717, 1.165) is 30.4 Å². The normalized spacial score (nSPS) is 25.8. The van der Waals surface area contributed by atoms with Gasteiger partial charge < -0.3 is 20.7 Å². The molecule has 2 atom stereocenters. The minimum atomic E-state index is 0.488. The van der Waals surface area contributed by atoms with Gasteiger partial charge in [0.1, 0.15) is 0 Å². The highest BCUT2D eigenvalue weighted by molar-refractivity contribution is 5.67. The van der Waals surface area contributed by atoms with E-state index in [9.17, 15) is 0 Å². The first-order valence-corrected chi connectivity index (χ1v) is 10.1. The lowest BCUT2D eigenvalue weighted by Crippen LogP contribution is -2.47. The number of likely N-dealkylation sites (tertiary alicyclic amines) is 1. The van der Waals surface area contributed by atoms with Crippen LogP contribution in [0.3, 0.4) is 0 Å². The average molecular weight is 346 g/mol. The third-order valence-corrected chi connectivity index (χ3v) is 5.77. The van der Waals surface area contributed by atoms with Crippen LogP contribution in [0.25, 0.3) is 0 Å². The molecule has 4 heteroatoms. The summed E-state index contributed by atoms with van der Waals surface area (Å²) >= 11 is 0. The van der Waals surface area contributed by atoms with Gasteiger partial charge in [-0.2, -0.15) is 0 Å². The van der Waals surface area contributed by atoms with E-state index in [0.29, 0.717) is 12.1 Å². The lowest BCUT2D eigenvalue weighted by Gasteiger charge is -2.41. The maximum Gasteiger partial charge on any atom is 0.0590 e. The van der Waals surface area contributed by atoms with Gasteiger partial charge in [0.15, 0.2) is 0 Å². The Labute approximate surface area is 153 Å². The van der Waals surface area contributed by atoms with Gasteiger partial charge in [0.05, 0.1) is 17.5 Å². The molecule has 0 unspecified atom stereocenters. The Morgan fingerprint density at radius 3 is 2.76 bits per heavy atom. The first-order valence-electron chi connectivity index (χ1n) is 10.1. The van der Waals surface area contributed by atoms with Crippen molar-refractivity contribution in [1.29, 1.82) is 0 Å². The highest BCUT2D eigenvalue weighted by Gasteiger charge is 2.30. The minimum Gasteiger partial charge on any atom is -0.397 e. The van der Waals surface area contributed by atoms with Crippen LogP contribution in [0.4, 0.5) is 11.4 Å². The number of hydrogen-bond acceptors (Lipinski definition) is 4. The van der Waals surface area contributed by atoms with Gasteiger partial charge in [0.25, 0.3) is 0 Å². The smallest absolute Gasteiger partial charge is 0.0590 e. The highest BCUT2D eigenvalue weighted by atomic mass is 16.5. The number of nitrogens with one attached hydrogen (secondary N) is 1. The highest BCUT2D eigenvalue weighted by Crippen LogP contribution is 2.29. The molecule has 1 heterocycles. The number of benzene rings is 1. The van der Waals surface area contributed by atoms with Crippen LogP contribution >= 0.6 is 0 Å². The number of piperidine rings is 1. The first-order chi connectivity index (χ1) is 12.2. The molecule has 25 heavy (non-hydrogen) atoms. The number of rotatable bonds is 6. The van der Waals surface area contributed by atoms with E-state index < -0.39 is 0 Å². The van der Waals surface area contributed by atoms with Crippen LogP contribution in [0.15, 0.2) is 18.2 Å². The second-order valence-corrected chi connectivity index (χ2v) is 7.86. The van der Waals surface area contributed by atoms with Crippen molar-refractivity contribution in [3.63, 3.8) is 0 Å². The predicted octanol–water partition coefficient (Wildman–Crippen LogP) is 4.19. The molecule has 1 aromatic rings. The van der Waals surface area contributed by atoms with E-state index in [-0.39, 0.29) is 0 Å². The molecule has 0 spiro atoms. The summed E-state index contributed by atoms with van der Waals surface area (Å²) in [6.45, 7) is 7.61. The van der Waals surface area contributed by atoms with Gasteiger partial charge in [-0.05, 0) is 69.6 Å². The number of nitrogens with zero attached hydrogens (tertiary/aromatic N) is 1. The second-order valence-electron chi connectivity index (χ2n) is 7.86. The molecule has 0 radical (unpaired) electrons. The van der Waals surface area contributed by atoms with Crippen LogP contribution < -0.4 is 11.1 Å². The summed E-state index contributed by atoms with van der Waals surface area (Å²) in [4.78, 5) is 2.71. The van der Waals surface area contributed by atoms with Gasteiger partial charge in [-0.1, -0.05) is 13.0 Å². The zero-order valence-corrected chi connectivity index (χ0v) is 16.0. The molecule has 1 saturated heterocycles. The van der Waals surface area contributed by atoms with Crippen molar-refractivity contribution in [3.05, 3.63) is 23.8 Å². The third kappa shape index (κ3) is 5.11. The Bertz CT molecular complexity index is 540. The second kappa shape index (κ2) is 8.91. The summed E-state index contributed by atoms with van der Waals surface area (Å²) in [7, 11) is 0. The van der Waals surface area contributed by atoms with E-state index in [2.05, 4.69) is 36.2 Å². The summed E-state index contributed by atoms with van der Waals surface area (Å²) in [6.07, 6.45) is 9.15. The fourth-order valence-electron chi connectivity index (χ4n) is 4.31. The SMILES string of the molecule is CCCO[C@H]1CCC[C@@H](N2CCC(Nc3cc(C)ccc3N)CC2)C1. The molecule has 1 saturated carbocycles. The standard InChI is InChI=1S/C21H35N3O/c1-3-13-25-19-6-4-5-18(15-19)24-11-9-17(10-12-24)23-21-14-16(2)7-8-20(21)22/h7-8,14,17-19,23H,3-6,9-13,15,22H2,1-2H3/t18-,19+/m1/s1. The van der Waals surface area contributed by atoms with E-state index in [4.69, 9.17) is 10.5 Å². The van der Waals surface area contributed by atoms with Crippen LogP contribution in [0.5, 0.6) is 0 Å². The monoisotopic (exact) mass is 345 g/mol. The first kappa shape index (κ1) is 18.5. The van der Waals surface area contributed by atoms with Gasteiger partial charge in [-0.25, -0.2) is 0 Å². The molecule has 0 amide bonds. The van der Waals surface area contributed by atoms with E-state index in [1.807, 2.05) is 6.07 Å². The Morgan fingerprint density at radius 1 is 1.20 bits per heavy atom. The molecule has 0 bridgehead atoms. The van der Waals surface area contributed by atoms with Gasteiger partial charge in [-0.3, -0.25) is 0 Å². The molecule has 0 aromatic heterocycles. The molecule has 1 aliphatic heterocycles. The maximum atomic E-state index is 6.12. The summed E-state index contributed by atoms with van der Waals surface area (Å²) in [5.41, 5.74) is 9.34. The quantitative estimate of drug-likeness (QED) is 0.759. The lowest BCUT2D eigenvalue weighted by atomic mass is 9.90. The zero-order chi connectivity index (χ0) is 17.6. The number of nitrogens with two attached hydrogens (primary N) is 1. The van der Waals surface area contributed by atoms with Crippen molar-refractivity contribution in [2.24, 2.45) is 0 Å². The average Bonchev–Trinajstić information content (AvgIpc) is 2.64. The van der Waals surface area contributed by atoms with Gasteiger partial charge in [0, 0.05) is 31.8 Å². The molecule has 1 aromatic carbocycles. The van der Waals surface area contributed by atoms with E-state index in [1.165, 1.54) is 57.2 Å². The van der Waals surface area contributed by atoms with Crippen molar-refractivity contribution >= 4 is 11.4 Å². The topological polar surface area (TPSA) is 50.5 Å². The number of anilines is 2. The molecular formula is C21H35N3O. The molecule has 2 fully saturated rings. The van der Waals surface area contributed by atoms with Crippen LogP contribution in [-0.2, 0) is 4.74 Å². The van der Waals surface area contributed by atoms with Crippen molar-refractivity contribution in [3.8, 4) is 0 Å². The molecule has 3 rings (SSSR count). The lowest BCUT2D eigenvalue weighted by molar-refractivity contribution is -0.00514. The summed E-state index contributed by atoms with van der Waals surface area (Å²) in [5, 5.41) is 3.67. The van der Waals surface area contributed by atoms with Crippen molar-refractivity contribution < 1.29 is 4.74 Å². The minimum absolute atomic E-state index is 0.488. The Balaban J connectivity index is 1.47. The fraction of sp³-hybridized carbons (Fsp3) is 0.714. The Morgan fingerprint density at radius 2 is 2.00 bits per heavy atom. The van der Waals surface area contributed by atoms with Gasteiger partial charge in [0.2, 0.25) is 0 Å². The third-order valence-electron chi connectivity index (χ3n) is 5.77. The summed E-state index contributed by atoms with van der Waals surface area (Å²) in [6, 6.07) is 7.50. The van der Waals surface area contributed by atoms with Crippen LogP contribution in [0.2, 0.25) is 0 Å². The number of ether oxygens (including phenoxy) is 1. The number of aryl methyl sites for hydroxylation is 1. The molecule has 4 nitrogen and oxygen atoms in total. The van der Waals surface area contributed by atoms with E-state index >= 15 is 0 Å². The van der Waals surface area contributed by atoms with Crippen molar-refractivity contribution in [2.45, 2.75) is 77.0 Å². The summed E-state index contributed by atoms with van der Waals surface area (Å²) < 4.78 is 6.02. The predicted molar refractivity (Wildman–Crippen MR) is 106 cm³/mol. The number of nitrogen functional groups attached to an aromatic ring is 1. The zero-order valence-electron chi connectivity index (χ0n) is 16.0. The summed E-state index contributed by atoms with van der Waals surface area (Å²) in [5.74, 6) is 0. The van der Waals surface area contributed by atoms with Crippen molar-refractivity contribution in [2.75, 3.05) is 30.7 Å². The van der Waals surface area contributed by atoms with E-state index in [1.54, 1.807) is 0 Å². The Hall–Kier alpha value is -1.26. The largest absolute Gasteiger partial charge is 0.397 e. The molecule has 140 valence electrons. The fourth-order valence-corrected chi connectivity index (χ4v) is 4.31.